The average Bonchev–Trinajstić information content (AvgIpc) is 2.72. The maximum atomic E-state index is 6.25. The quantitative estimate of drug-likeness (QED) is 0.123. The van der Waals surface area contributed by atoms with E-state index < -0.39 is 9.04 Å². The number of hydrogen-bond acceptors (Lipinski definition) is 2. The molecule has 0 amide bonds. The predicted molar refractivity (Wildman–Crippen MR) is 126 cm³/mol. The minimum Gasteiger partial charge on any atom is -0.469 e. The van der Waals surface area contributed by atoms with E-state index in [9.17, 15) is 0 Å². The average molecular weight is 407 g/mol. The summed E-state index contributed by atoms with van der Waals surface area (Å²) in [7, 11) is -1.13. The highest BCUT2D eigenvalue weighted by molar-refractivity contribution is 6.51. The van der Waals surface area contributed by atoms with Crippen LogP contribution in [0.25, 0.3) is 0 Å². The lowest BCUT2D eigenvalue weighted by molar-refractivity contribution is 0.117. The van der Waals surface area contributed by atoms with Gasteiger partial charge in [0.05, 0.1) is 0 Å². The zero-order chi connectivity index (χ0) is 20.1. The Morgan fingerprint density at radius 3 is 1.57 bits per heavy atom. The minimum absolute atomic E-state index is 0.438. The third kappa shape index (κ3) is 15.2. The third-order valence-corrected chi connectivity index (χ3v) is 8.24. The standard InChI is InChI=1S/C25H46O2Si/c1-3-5-7-9-11-12-14-19-23-28(22-18-13-10-8-6-4-2)27-24-26-25-20-16-15-17-21-25/h15-17,20-21,28H,3-14,18-19,22-24H2,1-2H3. The minimum atomic E-state index is -1.13. The molecule has 0 fully saturated rings. The molecule has 1 atom stereocenters. The summed E-state index contributed by atoms with van der Waals surface area (Å²) in [6.07, 6.45) is 19.4. The summed E-state index contributed by atoms with van der Waals surface area (Å²) in [6.45, 7) is 5.01. The summed E-state index contributed by atoms with van der Waals surface area (Å²) in [4.78, 5) is 0. The van der Waals surface area contributed by atoms with Crippen LogP contribution in [-0.4, -0.2) is 15.8 Å². The van der Waals surface area contributed by atoms with E-state index in [4.69, 9.17) is 9.16 Å². The molecule has 0 saturated heterocycles. The van der Waals surface area contributed by atoms with E-state index in [0.29, 0.717) is 6.79 Å². The number of para-hydroxylation sites is 1. The molecular weight excluding hydrogens is 360 g/mol. The first-order chi connectivity index (χ1) is 13.9. The van der Waals surface area contributed by atoms with Gasteiger partial charge < -0.3 is 9.16 Å². The second-order valence-corrected chi connectivity index (χ2v) is 10.9. The molecule has 0 aliphatic rings. The van der Waals surface area contributed by atoms with Crippen LogP contribution in [0.3, 0.4) is 0 Å². The predicted octanol–water partition coefficient (Wildman–Crippen LogP) is 8.26. The van der Waals surface area contributed by atoms with E-state index in [0.717, 1.165) is 5.75 Å². The van der Waals surface area contributed by atoms with Crippen LogP contribution in [-0.2, 0) is 4.43 Å². The first-order valence-electron chi connectivity index (χ1n) is 12.2. The highest BCUT2D eigenvalue weighted by atomic mass is 28.3. The van der Waals surface area contributed by atoms with Gasteiger partial charge in [-0.1, -0.05) is 122 Å². The molecule has 0 N–H and O–H groups in total. The van der Waals surface area contributed by atoms with Crippen LogP contribution in [0.4, 0.5) is 0 Å². The second-order valence-electron chi connectivity index (χ2n) is 8.18. The lowest BCUT2D eigenvalue weighted by atomic mass is 10.1. The van der Waals surface area contributed by atoms with E-state index >= 15 is 0 Å². The van der Waals surface area contributed by atoms with E-state index in [1.165, 1.54) is 102 Å². The van der Waals surface area contributed by atoms with Gasteiger partial charge in [-0.25, -0.2) is 0 Å². The lowest BCUT2D eigenvalue weighted by Crippen LogP contribution is -2.21. The second kappa shape index (κ2) is 19.5. The zero-order valence-electron chi connectivity index (χ0n) is 18.8. The fourth-order valence-corrected chi connectivity index (χ4v) is 6.05. The van der Waals surface area contributed by atoms with Crippen LogP contribution >= 0.6 is 0 Å². The Morgan fingerprint density at radius 1 is 0.607 bits per heavy atom. The van der Waals surface area contributed by atoms with Crippen molar-refractivity contribution >= 4 is 9.04 Å². The molecule has 0 radical (unpaired) electrons. The first kappa shape index (κ1) is 25.2. The summed E-state index contributed by atoms with van der Waals surface area (Å²) in [5.41, 5.74) is 0. The fraction of sp³-hybridized carbons (Fsp3) is 0.760. The third-order valence-electron chi connectivity index (χ3n) is 5.53. The highest BCUT2D eigenvalue weighted by Gasteiger charge is 2.12. The van der Waals surface area contributed by atoms with Gasteiger partial charge in [-0.15, -0.1) is 0 Å². The summed E-state index contributed by atoms with van der Waals surface area (Å²) in [5.74, 6) is 0.918. The Labute approximate surface area is 177 Å². The Kier molecular flexibility index (Phi) is 17.6. The molecule has 1 aromatic carbocycles. The number of ether oxygens (including phenoxy) is 1. The molecule has 0 heterocycles. The van der Waals surface area contributed by atoms with E-state index in [1.54, 1.807) is 0 Å². The Morgan fingerprint density at radius 2 is 1.07 bits per heavy atom. The van der Waals surface area contributed by atoms with Crippen molar-refractivity contribution < 1.29 is 9.16 Å². The smallest absolute Gasteiger partial charge is 0.181 e. The summed E-state index contributed by atoms with van der Waals surface area (Å²) in [5, 5.41) is 0. The van der Waals surface area contributed by atoms with Crippen LogP contribution in [0.2, 0.25) is 12.1 Å². The molecule has 0 aromatic heterocycles. The van der Waals surface area contributed by atoms with Gasteiger partial charge in [-0.3, -0.25) is 0 Å². The topological polar surface area (TPSA) is 18.5 Å². The molecule has 2 nitrogen and oxygen atoms in total. The number of hydrogen-bond donors (Lipinski definition) is 0. The van der Waals surface area contributed by atoms with Crippen LogP contribution in [0, 0.1) is 0 Å². The van der Waals surface area contributed by atoms with Gasteiger partial charge in [0.25, 0.3) is 0 Å². The van der Waals surface area contributed by atoms with Gasteiger partial charge in [0.1, 0.15) is 5.75 Å². The van der Waals surface area contributed by atoms with Crippen LogP contribution in [0.5, 0.6) is 5.75 Å². The molecule has 0 aliphatic carbocycles. The van der Waals surface area contributed by atoms with Gasteiger partial charge in [-0.2, -0.15) is 0 Å². The van der Waals surface area contributed by atoms with Crippen LogP contribution in [0.1, 0.15) is 104 Å². The molecule has 0 aliphatic heterocycles. The molecule has 28 heavy (non-hydrogen) atoms. The Hall–Kier alpha value is -0.803. The molecular formula is C25H46O2Si. The SMILES string of the molecule is CCCCCCCCCC[SiH](CCCCCCCC)OCOc1ccccc1. The van der Waals surface area contributed by atoms with Gasteiger partial charge >= 0.3 is 0 Å². The summed E-state index contributed by atoms with van der Waals surface area (Å²) < 4.78 is 12.0. The van der Waals surface area contributed by atoms with Crippen LogP contribution < -0.4 is 4.74 Å². The summed E-state index contributed by atoms with van der Waals surface area (Å²) in [6, 6.07) is 12.7. The maximum Gasteiger partial charge on any atom is 0.181 e. The molecule has 1 unspecified atom stereocenters. The van der Waals surface area contributed by atoms with Crippen molar-refractivity contribution in [2.45, 2.75) is 116 Å². The molecule has 0 bridgehead atoms. The molecule has 1 rings (SSSR count). The zero-order valence-corrected chi connectivity index (χ0v) is 20.0. The van der Waals surface area contributed by atoms with Crippen molar-refractivity contribution in [1.82, 2.24) is 0 Å². The maximum absolute atomic E-state index is 6.25. The van der Waals surface area contributed by atoms with Crippen molar-refractivity contribution in [1.29, 1.82) is 0 Å². The molecule has 162 valence electrons. The van der Waals surface area contributed by atoms with Gasteiger partial charge in [0, 0.05) is 0 Å². The molecule has 0 saturated carbocycles. The number of benzene rings is 1. The van der Waals surface area contributed by atoms with Gasteiger partial charge in [0.15, 0.2) is 15.8 Å². The van der Waals surface area contributed by atoms with Crippen molar-refractivity contribution in [3.05, 3.63) is 30.3 Å². The normalized spacial score (nSPS) is 12.2. The largest absolute Gasteiger partial charge is 0.469 e. The number of rotatable bonds is 20. The Balaban J connectivity index is 2.17. The van der Waals surface area contributed by atoms with Crippen molar-refractivity contribution in [2.24, 2.45) is 0 Å². The van der Waals surface area contributed by atoms with E-state index in [2.05, 4.69) is 13.8 Å². The first-order valence-corrected chi connectivity index (χ1v) is 14.3. The number of unbranched alkanes of at least 4 members (excludes halogenated alkanes) is 12. The van der Waals surface area contributed by atoms with Crippen LogP contribution in [0.15, 0.2) is 30.3 Å². The van der Waals surface area contributed by atoms with Crippen molar-refractivity contribution in [3.63, 3.8) is 0 Å². The Bertz CT molecular complexity index is 424. The fourth-order valence-electron chi connectivity index (χ4n) is 3.68. The lowest BCUT2D eigenvalue weighted by Gasteiger charge is -2.17. The highest BCUT2D eigenvalue weighted by Crippen LogP contribution is 2.17. The van der Waals surface area contributed by atoms with E-state index in [1.807, 2.05) is 30.3 Å². The summed E-state index contributed by atoms with van der Waals surface area (Å²) >= 11 is 0. The van der Waals surface area contributed by atoms with Gasteiger partial charge in [-0.05, 0) is 24.2 Å². The van der Waals surface area contributed by atoms with Gasteiger partial charge in [0.2, 0.25) is 0 Å². The molecule has 0 spiro atoms. The van der Waals surface area contributed by atoms with Crippen molar-refractivity contribution in [2.75, 3.05) is 6.79 Å². The van der Waals surface area contributed by atoms with E-state index in [-0.39, 0.29) is 0 Å². The molecule has 3 heteroatoms. The molecule has 1 aromatic rings. The monoisotopic (exact) mass is 406 g/mol. The van der Waals surface area contributed by atoms with Crippen molar-refractivity contribution in [3.8, 4) is 5.75 Å².